The quantitative estimate of drug-likeness (QED) is 0.318. The van der Waals surface area contributed by atoms with E-state index in [1.54, 1.807) is 23.2 Å². The van der Waals surface area contributed by atoms with Crippen LogP contribution in [0.2, 0.25) is 5.02 Å². The number of hydrogen-bond acceptors (Lipinski definition) is 6. The Hall–Kier alpha value is -2.85. The number of para-hydroxylation sites is 1. The molecule has 4 aromatic rings. The summed E-state index contributed by atoms with van der Waals surface area (Å²) in [6.07, 6.45) is 3.54. The van der Waals surface area contributed by atoms with Gasteiger partial charge in [0.2, 0.25) is 15.9 Å². The maximum absolute atomic E-state index is 14.1. The number of aryl methyl sites for hydroxylation is 1. The number of amides is 1. The van der Waals surface area contributed by atoms with E-state index in [1.165, 1.54) is 27.8 Å². The van der Waals surface area contributed by atoms with E-state index in [9.17, 15) is 13.2 Å². The zero-order valence-electron chi connectivity index (χ0n) is 19.7. The van der Waals surface area contributed by atoms with Crippen molar-refractivity contribution >= 4 is 54.2 Å². The van der Waals surface area contributed by atoms with Crippen molar-refractivity contribution in [2.24, 2.45) is 0 Å². The van der Waals surface area contributed by atoms with Gasteiger partial charge in [-0.3, -0.25) is 14.7 Å². The van der Waals surface area contributed by atoms with E-state index in [4.69, 9.17) is 16.6 Å². The van der Waals surface area contributed by atoms with Crippen LogP contribution in [0.1, 0.15) is 31.0 Å². The Morgan fingerprint density at radius 2 is 1.94 bits per heavy atom. The van der Waals surface area contributed by atoms with E-state index in [-0.39, 0.29) is 23.9 Å². The van der Waals surface area contributed by atoms with E-state index in [0.29, 0.717) is 28.7 Å². The van der Waals surface area contributed by atoms with E-state index in [0.717, 1.165) is 22.2 Å². The number of carbonyl (C=O) groups excluding carboxylic acids is 1. The molecule has 2 aromatic carbocycles. The summed E-state index contributed by atoms with van der Waals surface area (Å²) in [5, 5.41) is 0.990. The number of benzene rings is 2. The van der Waals surface area contributed by atoms with Crippen molar-refractivity contribution in [3.8, 4) is 0 Å². The molecule has 2 aromatic heterocycles. The summed E-state index contributed by atoms with van der Waals surface area (Å²) in [6, 6.07) is 16.8. The number of anilines is 1. The van der Waals surface area contributed by atoms with Gasteiger partial charge in [-0.25, -0.2) is 13.4 Å². The van der Waals surface area contributed by atoms with Gasteiger partial charge < -0.3 is 0 Å². The van der Waals surface area contributed by atoms with Crippen molar-refractivity contribution < 1.29 is 13.2 Å². The largest absolute Gasteiger partial charge is 0.281 e. The van der Waals surface area contributed by atoms with Crippen LogP contribution in [0.4, 0.5) is 5.13 Å². The van der Waals surface area contributed by atoms with Gasteiger partial charge >= 0.3 is 0 Å². The van der Waals surface area contributed by atoms with Crippen molar-refractivity contribution in [3.63, 3.8) is 0 Å². The van der Waals surface area contributed by atoms with E-state index in [2.05, 4.69) is 11.9 Å². The standard InChI is InChI=1S/C26H25ClN4O3S2/c1-2-18-7-5-10-23-24(18)29-26(35-23)30(17-20-8-3-4-15-28-20)25(32)22-9-6-16-31(22)36(33,34)21-13-11-19(27)12-14-21/h3-5,7-8,10-15,22H,2,6,9,16-17H2,1H3. The molecule has 186 valence electrons. The van der Waals surface area contributed by atoms with Crippen molar-refractivity contribution in [3.05, 3.63) is 83.1 Å². The Labute approximate surface area is 219 Å². The SMILES string of the molecule is CCc1cccc2sc(N(Cc3ccccn3)C(=O)C3CCCN3S(=O)(=O)c3ccc(Cl)cc3)nc12. The molecule has 0 saturated carbocycles. The minimum atomic E-state index is -3.88. The van der Waals surface area contributed by atoms with E-state index < -0.39 is 16.1 Å². The maximum Gasteiger partial charge on any atom is 0.247 e. The molecule has 1 aliphatic rings. The van der Waals surface area contributed by atoms with Crippen molar-refractivity contribution in [2.45, 2.75) is 43.7 Å². The molecule has 5 rings (SSSR count). The third-order valence-electron chi connectivity index (χ3n) is 6.32. The Kier molecular flexibility index (Phi) is 7.07. The summed E-state index contributed by atoms with van der Waals surface area (Å²) >= 11 is 7.39. The minimum Gasteiger partial charge on any atom is -0.281 e. The van der Waals surface area contributed by atoms with Crippen LogP contribution in [0.3, 0.4) is 0 Å². The number of thiazole rings is 1. The van der Waals surface area contributed by atoms with Gasteiger partial charge in [-0.2, -0.15) is 4.31 Å². The molecule has 1 atom stereocenters. The van der Waals surface area contributed by atoms with E-state index in [1.807, 2.05) is 36.4 Å². The van der Waals surface area contributed by atoms with Gasteiger partial charge in [-0.05, 0) is 67.3 Å². The van der Waals surface area contributed by atoms with Crippen molar-refractivity contribution in [1.29, 1.82) is 0 Å². The van der Waals surface area contributed by atoms with Crippen LogP contribution >= 0.6 is 22.9 Å². The highest BCUT2D eigenvalue weighted by Gasteiger charge is 2.42. The number of hydrogen-bond donors (Lipinski definition) is 0. The predicted octanol–water partition coefficient (Wildman–Crippen LogP) is 5.29. The fourth-order valence-corrected chi connectivity index (χ4v) is 7.28. The van der Waals surface area contributed by atoms with Gasteiger partial charge in [-0.15, -0.1) is 0 Å². The summed E-state index contributed by atoms with van der Waals surface area (Å²) in [5.74, 6) is -0.298. The lowest BCUT2D eigenvalue weighted by molar-refractivity contribution is -0.121. The zero-order chi connectivity index (χ0) is 25.3. The molecule has 0 radical (unpaired) electrons. The average Bonchev–Trinajstić information content (AvgIpc) is 3.55. The molecular formula is C26H25ClN4O3S2. The number of carbonyl (C=O) groups is 1. The Balaban J connectivity index is 1.53. The predicted molar refractivity (Wildman–Crippen MR) is 143 cm³/mol. The van der Waals surface area contributed by atoms with Gasteiger partial charge in [0.25, 0.3) is 0 Å². The summed E-state index contributed by atoms with van der Waals surface area (Å²) in [4.78, 5) is 25.0. The van der Waals surface area contributed by atoms with Crippen molar-refractivity contribution in [2.75, 3.05) is 11.4 Å². The van der Waals surface area contributed by atoms with Gasteiger partial charge in [-0.1, -0.05) is 48.1 Å². The summed E-state index contributed by atoms with van der Waals surface area (Å²) < 4.78 is 29.3. The second-order valence-electron chi connectivity index (χ2n) is 8.59. The second-order valence-corrected chi connectivity index (χ2v) is 11.9. The second kappa shape index (κ2) is 10.3. The third kappa shape index (κ3) is 4.76. The summed E-state index contributed by atoms with van der Waals surface area (Å²) in [7, 11) is -3.88. The van der Waals surface area contributed by atoms with Gasteiger partial charge in [0.05, 0.1) is 27.4 Å². The van der Waals surface area contributed by atoms with Crippen LogP contribution in [0.25, 0.3) is 10.2 Å². The molecule has 1 aliphatic heterocycles. The zero-order valence-corrected chi connectivity index (χ0v) is 22.1. The number of sulfonamides is 1. The van der Waals surface area contributed by atoms with Crippen LogP contribution in [0.5, 0.6) is 0 Å². The first-order chi connectivity index (χ1) is 17.4. The fourth-order valence-electron chi connectivity index (χ4n) is 4.48. The lowest BCUT2D eigenvalue weighted by Crippen LogP contribution is -2.47. The Bertz CT molecular complexity index is 1490. The molecule has 10 heteroatoms. The lowest BCUT2D eigenvalue weighted by atomic mass is 10.1. The molecule has 1 saturated heterocycles. The third-order valence-corrected chi connectivity index (χ3v) is 9.54. The first-order valence-corrected chi connectivity index (χ1v) is 14.4. The molecule has 0 N–H and O–H groups in total. The molecule has 0 spiro atoms. The number of fused-ring (bicyclic) bond motifs is 1. The monoisotopic (exact) mass is 540 g/mol. The number of halogens is 1. The lowest BCUT2D eigenvalue weighted by Gasteiger charge is -2.28. The number of pyridine rings is 1. The number of nitrogens with zero attached hydrogens (tertiary/aromatic N) is 4. The average molecular weight is 541 g/mol. The molecule has 36 heavy (non-hydrogen) atoms. The molecular weight excluding hydrogens is 516 g/mol. The molecule has 1 amide bonds. The Morgan fingerprint density at radius 1 is 1.14 bits per heavy atom. The maximum atomic E-state index is 14.1. The molecule has 1 unspecified atom stereocenters. The van der Waals surface area contributed by atoms with Crippen LogP contribution in [0, 0.1) is 0 Å². The molecule has 3 heterocycles. The molecule has 1 fully saturated rings. The van der Waals surface area contributed by atoms with Crippen molar-refractivity contribution in [1.82, 2.24) is 14.3 Å². The van der Waals surface area contributed by atoms with Crippen LogP contribution in [0.15, 0.2) is 71.8 Å². The summed E-state index contributed by atoms with van der Waals surface area (Å²) in [5.41, 5.74) is 2.68. The van der Waals surface area contributed by atoms with Crippen LogP contribution in [-0.4, -0.2) is 41.2 Å². The normalized spacial score (nSPS) is 16.4. The molecule has 7 nitrogen and oxygen atoms in total. The van der Waals surface area contributed by atoms with Crippen LogP contribution < -0.4 is 4.90 Å². The molecule has 0 aliphatic carbocycles. The minimum absolute atomic E-state index is 0.121. The van der Waals surface area contributed by atoms with Gasteiger partial charge in [0.1, 0.15) is 6.04 Å². The summed E-state index contributed by atoms with van der Waals surface area (Å²) in [6.45, 7) is 2.55. The number of aromatic nitrogens is 2. The van der Waals surface area contributed by atoms with Gasteiger partial charge in [0, 0.05) is 17.8 Å². The smallest absolute Gasteiger partial charge is 0.247 e. The van der Waals surface area contributed by atoms with Gasteiger partial charge in [0.15, 0.2) is 5.13 Å². The van der Waals surface area contributed by atoms with E-state index >= 15 is 0 Å². The van der Waals surface area contributed by atoms with Crippen LogP contribution in [-0.2, 0) is 27.8 Å². The number of rotatable bonds is 7. The highest BCUT2D eigenvalue weighted by molar-refractivity contribution is 7.89. The highest BCUT2D eigenvalue weighted by atomic mass is 35.5. The topological polar surface area (TPSA) is 83.5 Å². The molecule has 0 bridgehead atoms. The fraction of sp³-hybridized carbons (Fsp3) is 0.269. The first kappa shape index (κ1) is 24.8. The Morgan fingerprint density at radius 3 is 2.67 bits per heavy atom. The first-order valence-electron chi connectivity index (χ1n) is 11.8. The highest BCUT2D eigenvalue weighted by Crippen LogP contribution is 2.34.